The van der Waals surface area contributed by atoms with Gasteiger partial charge >= 0.3 is 0 Å². The summed E-state index contributed by atoms with van der Waals surface area (Å²) in [5, 5.41) is 0. The van der Waals surface area contributed by atoms with Crippen LogP contribution in [0.3, 0.4) is 0 Å². The molecule has 2 saturated heterocycles. The number of fused-ring (bicyclic) bond motifs is 1. The number of rotatable bonds is 5. The number of hydrogen-bond acceptors (Lipinski definition) is 4. The van der Waals surface area contributed by atoms with Crippen molar-refractivity contribution in [3.8, 4) is 0 Å². The minimum Gasteiger partial charge on any atom is -0.379 e. The molecule has 2 aliphatic rings. The van der Waals surface area contributed by atoms with Crippen molar-refractivity contribution in [1.29, 1.82) is 0 Å². The molecule has 0 radical (unpaired) electrons. The minimum absolute atomic E-state index is 0.0584. The SMILES string of the molecule is O=C1C[C@H](c2nc3ccccc3n2CCN2CCOCC2)CN1c1ccccc1F. The van der Waals surface area contributed by atoms with Crippen molar-refractivity contribution < 1.29 is 13.9 Å². The lowest BCUT2D eigenvalue weighted by Crippen LogP contribution is -2.38. The molecule has 1 amide bonds. The fourth-order valence-corrected chi connectivity index (χ4v) is 4.49. The van der Waals surface area contributed by atoms with Gasteiger partial charge in [0.25, 0.3) is 0 Å². The monoisotopic (exact) mass is 408 g/mol. The van der Waals surface area contributed by atoms with Crippen LogP contribution in [0.4, 0.5) is 10.1 Å². The van der Waals surface area contributed by atoms with E-state index >= 15 is 0 Å². The average molecular weight is 408 g/mol. The lowest BCUT2D eigenvalue weighted by Gasteiger charge is -2.27. The first-order valence-electron chi connectivity index (χ1n) is 10.5. The maximum atomic E-state index is 14.3. The molecule has 156 valence electrons. The van der Waals surface area contributed by atoms with Gasteiger partial charge in [0.05, 0.1) is 29.9 Å². The van der Waals surface area contributed by atoms with E-state index in [9.17, 15) is 9.18 Å². The van der Waals surface area contributed by atoms with Gasteiger partial charge in [-0.2, -0.15) is 0 Å². The van der Waals surface area contributed by atoms with Crippen LogP contribution >= 0.6 is 0 Å². The van der Waals surface area contributed by atoms with Gasteiger partial charge in [-0.25, -0.2) is 9.37 Å². The van der Waals surface area contributed by atoms with Crippen LogP contribution in [-0.2, 0) is 16.1 Å². The number of anilines is 1. The van der Waals surface area contributed by atoms with Crippen LogP contribution in [0.25, 0.3) is 11.0 Å². The second-order valence-electron chi connectivity index (χ2n) is 7.92. The molecule has 0 aliphatic carbocycles. The fourth-order valence-electron chi connectivity index (χ4n) is 4.49. The van der Waals surface area contributed by atoms with Crippen molar-refractivity contribution in [3.05, 3.63) is 60.2 Å². The zero-order valence-electron chi connectivity index (χ0n) is 16.8. The number of morpholine rings is 1. The van der Waals surface area contributed by atoms with Crippen LogP contribution < -0.4 is 4.90 Å². The molecule has 0 saturated carbocycles. The second-order valence-corrected chi connectivity index (χ2v) is 7.92. The molecule has 7 heteroatoms. The van der Waals surface area contributed by atoms with Gasteiger partial charge in [0.2, 0.25) is 5.91 Å². The van der Waals surface area contributed by atoms with Crippen molar-refractivity contribution in [3.63, 3.8) is 0 Å². The zero-order valence-corrected chi connectivity index (χ0v) is 16.8. The van der Waals surface area contributed by atoms with E-state index in [-0.39, 0.29) is 17.6 Å². The number of nitrogens with zero attached hydrogens (tertiary/aromatic N) is 4. The maximum absolute atomic E-state index is 14.3. The molecule has 2 aromatic carbocycles. The number of imidazole rings is 1. The molecule has 30 heavy (non-hydrogen) atoms. The van der Waals surface area contributed by atoms with E-state index in [1.54, 1.807) is 23.1 Å². The highest BCUT2D eigenvalue weighted by atomic mass is 19.1. The van der Waals surface area contributed by atoms with E-state index in [2.05, 4.69) is 15.5 Å². The number of carbonyl (C=O) groups is 1. The van der Waals surface area contributed by atoms with E-state index in [0.29, 0.717) is 18.7 Å². The number of halogens is 1. The summed E-state index contributed by atoms with van der Waals surface area (Å²) < 4.78 is 22.0. The minimum atomic E-state index is -0.368. The molecular weight excluding hydrogens is 383 g/mol. The van der Waals surface area contributed by atoms with Crippen molar-refractivity contribution >= 4 is 22.6 Å². The number of para-hydroxylation sites is 3. The van der Waals surface area contributed by atoms with Crippen LogP contribution in [0.15, 0.2) is 48.5 Å². The molecule has 0 spiro atoms. The van der Waals surface area contributed by atoms with Gasteiger partial charge in [-0.3, -0.25) is 9.69 Å². The van der Waals surface area contributed by atoms with Crippen molar-refractivity contribution in [1.82, 2.24) is 14.5 Å². The molecule has 3 aromatic rings. The zero-order chi connectivity index (χ0) is 20.5. The van der Waals surface area contributed by atoms with Crippen LogP contribution in [0.5, 0.6) is 0 Å². The average Bonchev–Trinajstić information content (AvgIpc) is 3.34. The predicted octanol–water partition coefficient (Wildman–Crippen LogP) is 3.03. The number of carbonyl (C=O) groups excluding carboxylic acids is 1. The number of hydrogen-bond donors (Lipinski definition) is 0. The first-order valence-corrected chi connectivity index (χ1v) is 10.5. The van der Waals surface area contributed by atoms with E-state index < -0.39 is 0 Å². The molecule has 2 fully saturated rings. The largest absolute Gasteiger partial charge is 0.379 e. The van der Waals surface area contributed by atoms with Crippen molar-refractivity contribution in [2.45, 2.75) is 18.9 Å². The summed E-state index contributed by atoms with van der Waals surface area (Å²) in [6.07, 6.45) is 0.342. The first-order chi connectivity index (χ1) is 14.7. The Morgan fingerprint density at radius 2 is 1.80 bits per heavy atom. The fraction of sp³-hybridized carbons (Fsp3) is 0.391. The molecule has 6 nitrogen and oxygen atoms in total. The molecule has 5 rings (SSSR count). The Morgan fingerprint density at radius 1 is 1.03 bits per heavy atom. The Morgan fingerprint density at radius 3 is 2.63 bits per heavy atom. The number of amides is 1. The molecular formula is C23H25FN4O2. The van der Waals surface area contributed by atoms with E-state index in [4.69, 9.17) is 9.72 Å². The van der Waals surface area contributed by atoms with Crippen LogP contribution in [0.1, 0.15) is 18.2 Å². The number of ether oxygens (including phenoxy) is 1. The van der Waals surface area contributed by atoms with Gasteiger partial charge in [-0.05, 0) is 24.3 Å². The Hall–Kier alpha value is -2.77. The maximum Gasteiger partial charge on any atom is 0.227 e. The summed E-state index contributed by atoms with van der Waals surface area (Å²) in [6, 6.07) is 14.6. The third-order valence-electron chi connectivity index (χ3n) is 6.06. The normalized spacial score (nSPS) is 20.4. The molecule has 3 heterocycles. The number of aromatic nitrogens is 2. The summed E-state index contributed by atoms with van der Waals surface area (Å²) in [5.41, 5.74) is 2.37. The highest BCUT2D eigenvalue weighted by molar-refractivity contribution is 5.96. The van der Waals surface area contributed by atoms with Gasteiger partial charge in [-0.15, -0.1) is 0 Å². The summed E-state index contributed by atoms with van der Waals surface area (Å²) in [4.78, 5) is 21.6. The summed E-state index contributed by atoms with van der Waals surface area (Å²) >= 11 is 0. The second kappa shape index (κ2) is 8.16. The molecule has 1 aromatic heterocycles. The first kappa shape index (κ1) is 19.2. The van der Waals surface area contributed by atoms with Gasteiger partial charge in [0.1, 0.15) is 11.6 Å². The van der Waals surface area contributed by atoms with Gasteiger partial charge in [0.15, 0.2) is 0 Å². The van der Waals surface area contributed by atoms with E-state index in [1.165, 1.54) is 6.07 Å². The van der Waals surface area contributed by atoms with Crippen LogP contribution in [0.2, 0.25) is 0 Å². The number of benzene rings is 2. The van der Waals surface area contributed by atoms with E-state index in [0.717, 1.165) is 56.3 Å². The third-order valence-corrected chi connectivity index (χ3v) is 6.06. The highest BCUT2D eigenvalue weighted by Crippen LogP contribution is 2.34. The molecule has 0 unspecified atom stereocenters. The third kappa shape index (κ3) is 3.59. The van der Waals surface area contributed by atoms with Crippen molar-refractivity contribution in [2.24, 2.45) is 0 Å². The highest BCUT2D eigenvalue weighted by Gasteiger charge is 2.35. The Bertz CT molecular complexity index is 1060. The lowest BCUT2D eigenvalue weighted by molar-refractivity contribution is -0.117. The smallest absolute Gasteiger partial charge is 0.227 e. The molecule has 1 atom stereocenters. The summed E-state index contributed by atoms with van der Waals surface area (Å²) in [5.74, 6) is 0.426. The molecule has 2 aliphatic heterocycles. The molecule has 0 N–H and O–H groups in total. The van der Waals surface area contributed by atoms with Crippen LogP contribution in [0, 0.1) is 5.82 Å². The standard InChI is InChI=1S/C23H25FN4O2/c24-18-5-1-3-7-20(18)28-16-17(15-22(28)29)23-25-19-6-2-4-8-21(19)27(23)10-9-26-11-13-30-14-12-26/h1-8,17H,9-16H2/t17-/m0/s1. The van der Waals surface area contributed by atoms with Crippen LogP contribution in [-0.4, -0.2) is 59.8 Å². The Balaban J connectivity index is 1.43. The molecule has 0 bridgehead atoms. The van der Waals surface area contributed by atoms with Gasteiger partial charge in [0, 0.05) is 45.1 Å². The van der Waals surface area contributed by atoms with Gasteiger partial charge in [-0.1, -0.05) is 24.3 Å². The summed E-state index contributed by atoms with van der Waals surface area (Å²) in [7, 11) is 0. The predicted molar refractivity (Wildman–Crippen MR) is 113 cm³/mol. The van der Waals surface area contributed by atoms with Gasteiger partial charge < -0.3 is 14.2 Å². The topological polar surface area (TPSA) is 50.6 Å². The Kier molecular flexibility index (Phi) is 5.23. The summed E-state index contributed by atoms with van der Waals surface area (Å²) in [6.45, 7) is 5.57. The quantitative estimate of drug-likeness (QED) is 0.651. The lowest BCUT2D eigenvalue weighted by atomic mass is 10.1. The van der Waals surface area contributed by atoms with Crippen molar-refractivity contribution in [2.75, 3.05) is 44.3 Å². The Labute approximate surface area is 174 Å². The van der Waals surface area contributed by atoms with E-state index in [1.807, 2.05) is 18.2 Å².